The van der Waals surface area contributed by atoms with Gasteiger partial charge >= 0.3 is 0 Å². The van der Waals surface area contributed by atoms with E-state index in [1.165, 1.54) is 5.56 Å². The van der Waals surface area contributed by atoms with Crippen LogP contribution >= 0.6 is 24.0 Å². The van der Waals surface area contributed by atoms with Crippen molar-refractivity contribution in [1.82, 2.24) is 4.98 Å². The number of para-hydroxylation sites is 1. The molecule has 1 aromatic heterocycles. The highest BCUT2D eigenvalue weighted by molar-refractivity contribution is 6.35. The van der Waals surface area contributed by atoms with Crippen molar-refractivity contribution < 1.29 is 0 Å². The fourth-order valence-corrected chi connectivity index (χ4v) is 2.06. The number of pyridine rings is 1. The standard InChI is InChI=1S/C13H14ClN.ClH/c1-3-5-10-8-12(14)11-7-4-6-9(2)13(11)15-10;/h4,6-8H,3,5H2,1-2H3;1H. The molecule has 0 saturated heterocycles. The minimum atomic E-state index is 0. The van der Waals surface area contributed by atoms with Crippen LogP contribution in [0.2, 0.25) is 5.02 Å². The van der Waals surface area contributed by atoms with Crippen molar-refractivity contribution in [3.05, 3.63) is 40.5 Å². The van der Waals surface area contributed by atoms with Gasteiger partial charge in [-0.1, -0.05) is 43.1 Å². The van der Waals surface area contributed by atoms with Crippen LogP contribution in [0.25, 0.3) is 10.9 Å². The maximum Gasteiger partial charge on any atom is 0.0749 e. The number of nitrogens with zero attached hydrogens (tertiary/aromatic N) is 1. The summed E-state index contributed by atoms with van der Waals surface area (Å²) in [5.41, 5.74) is 3.31. The molecule has 0 N–H and O–H groups in total. The fraction of sp³-hybridized carbons (Fsp3) is 0.308. The summed E-state index contributed by atoms with van der Waals surface area (Å²) >= 11 is 6.23. The normalized spacial score (nSPS) is 10.2. The monoisotopic (exact) mass is 255 g/mol. The summed E-state index contributed by atoms with van der Waals surface area (Å²) in [5, 5.41) is 1.86. The molecule has 2 rings (SSSR count). The lowest BCUT2D eigenvalue weighted by Gasteiger charge is -2.06. The summed E-state index contributed by atoms with van der Waals surface area (Å²) in [6.07, 6.45) is 2.09. The lowest BCUT2D eigenvalue weighted by Crippen LogP contribution is -1.92. The van der Waals surface area contributed by atoms with Gasteiger partial charge < -0.3 is 0 Å². The molecule has 86 valence electrons. The Morgan fingerprint density at radius 3 is 2.75 bits per heavy atom. The van der Waals surface area contributed by atoms with E-state index >= 15 is 0 Å². The smallest absolute Gasteiger partial charge is 0.0749 e. The summed E-state index contributed by atoms with van der Waals surface area (Å²) in [6.45, 7) is 4.22. The first-order chi connectivity index (χ1) is 7.22. The highest BCUT2D eigenvalue weighted by atomic mass is 35.5. The third-order valence-corrected chi connectivity index (χ3v) is 2.86. The second kappa shape index (κ2) is 5.51. The number of hydrogen-bond acceptors (Lipinski definition) is 1. The number of benzene rings is 1. The number of fused-ring (bicyclic) bond motifs is 1. The van der Waals surface area contributed by atoms with Crippen LogP contribution in [0.5, 0.6) is 0 Å². The molecule has 16 heavy (non-hydrogen) atoms. The van der Waals surface area contributed by atoms with E-state index in [-0.39, 0.29) is 12.4 Å². The quantitative estimate of drug-likeness (QED) is 0.766. The van der Waals surface area contributed by atoms with E-state index < -0.39 is 0 Å². The van der Waals surface area contributed by atoms with Crippen LogP contribution in [-0.4, -0.2) is 4.98 Å². The van der Waals surface area contributed by atoms with Crippen LogP contribution in [0.4, 0.5) is 0 Å². The molecule has 0 amide bonds. The zero-order valence-electron chi connectivity index (χ0n) is 9.46. The number of hydrogen-bond donors (Lipinski definition) is 0. The Kier molecular flexibility index (Phi) is 4.57. The van der Waals surface area contributed by atoms with E-state index in [1.807, 2.05) is 18.2 Å². The molecule has 0 atom stereocenters. The first-order valence-electron chi connectivity index (χ1n) is 5.27. The van der Waals surface area contributed by atoms with Crippen molar-refractivity contribution in [2.45, 2.75) is 26.7 Å². The lowest BCUT2D eigenvalue weighted by molar-refractivity contribution is 0.889. The number of rotatable bonds is 2. The van der Waals surface area contributed by atoms with Gasteiger partial charge in [0, 0.05) is 11.1 Å². The minimum absolute atomic E-state index is 0. The number of halogens is 2. The van der Waals surface area contributed by atoms with E-state index in [2.05, 4.69) is 24.9 Å². The number of aryl methyl sites for hydroxylation is 2. The summed E-state index contributed by atoms with van der Waals surface area (Å²) in [7, 11) is 0. The molecule has 1 heterocycles. The van der Waals surface area contributed by atoms with Crippen LogP contribution in [0, 0.1) is 6.92 Å². The number of aromatic nitrogens is 1. The van der Waals surface area contributed by atoms with Crippen molar-refractivity contribution in [2.75, 3.05) is 0 Å². The van der Waals surface area contributed by atoms with Gasteiger partial charge in [0.05, 0.1) is 10.5 Å². The Morgan fingerprint density at radius 1 is 1.31 bits per heavy atom. The van der Waals surface area contributed by atoms with Gasteiger partial charge in [0.2, 0.25) is 0 Å². The minimum Gasteiger partial charge on any atom is -0.252 e. The molecule has 0 radical (unpaired) electrons. The first kappa shape index (κ1) is 13.3. The summed E-state index contributed by atoms with van der Waals surface area (Å²) in [4.78, 5) is 4.64. The van der Waals surface area contributed by atoms with Crippen LogP contribution in [-0.2, 0) is 6.42 Å². The Bertz CT molecular complexity index is 495. The van der Waals surface area contributed by atoms with Gasteiger partial charge in [-0.3, -0.25) is 4.98 Å². The van der Waals surface area contributed by atoms with E-state index in [4.69, 9.17) is 11.6 Å². The molecular formula is C13H15Cl2N. The lowest BCUT2D eigenvalue weighted by atomic mass is 10.1. The van der Waals surface area contributed by atoms with Gasteiger partial charge in [-0.25, -0.2) is 0 Å². The zero-order valence-corrected chi connectivity index (χ0v) is 11.0. The third-order valence-electron chi connectivity index (χ3n) is 2.55. The predicted molar refractivity (Wildman–Crippen MR) is 72.7 cm³/mol. The van der Waals surface area contributed by atoms with Crippen LogP contribution in [0.15, 0.2) is 24.3 Å². The molecule has 2 aromatic rings. The van der Waals surface area contributed by atoms with Gasteiger partial charge in [0.1, 0.15) is 0 Å². The summed E-state index contributed by atoms with van der Waals surface area (Å²) in [5.74, 6) is 0. The Labute approximate surface area is 107 Å². The van der Waals surface area contributed by atoms with Gasteiger partial charge in [-0.05, 0) is 25.0 Å². The van der Waals surface area contributed by atoms with Crippen molar-refractivity contribution in [1.29, 1.82) is 0 Å². The van der Waals surface area contributed by atoms with Crippen LogP contribution < -0.4 is 0 Å². The van der Waals surface area contributed by atoms with Crippen LogP contribution in [0.1, 0.15) is 24.6 Å². The third kappa shape index (κ3) is 2.47. The van der Waals surface area contributed by atoms with E-state index in [0.29, 0.717) is 0 Å². The molecule has 0 aliphatic carbocycles. The Morgan fingerprint density at radius 2 is 2.06 bits per heavy atom. The van der Waals surface area contributed by atoms with Gasteiger partial charge in [0.15, 0.2) is 0 Å². The maximum absolute atomic E-state index is 6.23. The second-order valence-electron chi connectivity index (χ2n) is 3.82. The highest BCUT2D eigenvalue weighted by Gasteiger charge is 2.05. The van der Waals surface area contributed by atoms with E-state index in [0.717, 1.165) is 34.5 Å². The van der Waals surface area contributed by atoms with Crippen molar-refractivity contribution >= 4 is 34.9 Å². The molecule has 0 unspecified atom stereocenters. The van der Waals surface area contributed by atoms with Crippen molar-refractivity contribution in [2.24, 2.45) is 0 Å². The molecule has 3 heteroatoms. The van der Waals surface area contributed by atoms with E-state index in [9.17, 15) is 0 Å². The maximum atomic E-state index is 6.23. The first-order valence-corrected chi connectivity index (χ1v) is 5.65. The van der Waals surface area contributed by atoms with Crippen LogP contribution in [0.3, 0.4) is 0 Å². The Balaban J connectivity index is 0.00000128. The highest BCUT2D eigenvalue weighted by Crippen LogP contribution is 2.25. The fourth-order valence-electron chi connectivity index (χ4n) is 1.78. The largest absolute Gasteiger partial charge is 0.252 e. The molecule has 0 saturated carbocycles. The average Bonchev–Trinajstić information content (AvgIpc) is 2.20. The molecule has 0 spiro atoms. The topological polar surface area (TPSA) is 12.9 Å². The zero-order chi connectivity index (χ0) is 10.8. The van der Waals surface area contributed by atoms with Gasteiger partial charge in [-0.2, -0.15) is 0 Å². The van der Waals surface area contributed by atoms with E-state index in [1.54, 1.807) is 0 Å². The SMILES string of the molecule is CCCc1cc(Cl)c2cccc(C)c2n1.Cl. The molecule has 1 nitrogen and oxygen atoms in total. The molecule has 0 aliphatic heterocycles. The van der Waals surface area contributed by atoms with Crippen molar-refractivity contribution in [3.8, 4) is 0 Å². The average molecular weight is 256 g/mol. The molecular weight excluding hydrogens is 241 g/mol. The molecule has 0 fully saturated rings. The Hall–Kier alpha value is -0.790. The predicted octanol–water partition coefficient (Wildman–Crippen LogP) is 4.57. The van der Waals surface area contributed by atoms with Gasteiger partial charge in [-0.15, -0.1) is 12.4 Å². The van der Waals surface area contributed by atoms with Gasteiger partial charge in [0.25, 0.3) is 0 Å². The summed E-state index contributed by atoms with van der Waals surface area (Å²) in [6, 6.07) is 8.09. The molecule has 0 bridgehead atoms. The van der Waals surface area contributed by atoms with Crippen molar-refractivity contribution in [3.63, 3.8) is 0 Å². The second-order valence-corrected chi connectivity index (χ2v) is 4.22. The summed E-state index contributed by atoms with van der Waals surface area (Å²) < 4.78 is 0. The molecule has 0 aliphatic rings. The molecule has 1 aromatic carbocycles.